The van der Waals surface area contributed by atoms with Gasteiger partial charge in [-0.3, -0.25) is 4.79 Å². The molecule has 0 bridgehead atoms. The quantitative estimate of drug-likeness (QED) is 0.801. The molecule has 1 aromatic carbocycles. The molecule has 5 nitrogen and oxygen atoms in total. The van der Waals surface area contributed by atoms with E-state index in [0.717, 1.165) is 46.9 Å². The van der Waals surface area contributed by atoms with Crippen LogP contribution in [-0.2, 0) is 30.6 Å². The Kier molecular flexibility index (Phi) is 3.61. The zero-order valence-electron chi connectivity index (χ0n) is 13.0. The third kappa shape index (κ3) is 2.63. The number of imidazole rings is 1. The number of benzene rings is 1. The molecule has 0 radical (unpaired) electrons. The molecular weight excluding hydrogens is 308 g/mol. The standard InChI is InChI=1S/C17H18N4OS/c1-2-15-18-11-6-3-4-8-13(11)21(15)10-16(22)20-17-19-12-7-5-9-14(12)23-17/h3-4,6,8H,2,5,7,9-10H2,1H3,(H,19,20,22). The van der Waals surface area contributed by atoms with E-state index in [4.69, 9.17) is 0 Å². The highest BCUT2D eigenvalue weighted by Crippen LogP contribution is 2.30. The molecular formula is C17H18N4OS. The molecule has 0 atom stereocenters. The van der Waals surface area contributed by atoms with Crippen LogP contribution in [0, 0.1) is 0 Å². The highest BCUT2D eigenvalue weighted by molar-refractivity contribution is 7.15. The maximum Gasteiger partial charge on any atom is 0.246 e. The van der Waals surface area contributed by atoms with Gasteiger partial charge in [0.25, 0.3) is 0 Å². The third-order valence-corrected chi connectivity index (χ3v) is 5.27. The van der Waals surface area contributed by atoms with Crippen molar-refractivity contribution < 1.29 is 4.79 Å². The molecule has 2 heterocycles. The van der Waals surface area contributed by atoms with Crippen LogP contribution in [0.3, 0.4) is 0 Å². The van der Waals surface area contributed by atoms with Gasteiger partial charge in [0.1, 0.15) is 12.4 Å². The Balaban J connectivity index is 1.56. The van der Waals surface area contributed by atoms with Crippen LogP contribution < -0.4 is 5.32 Å². The number of amides is 1. The molecule has 0 aliphatic heterocycles. The fourth-order valence-electron chi connectivity index (χ4n) is 3.12. The van der Waals surface area contributed by atoms with E-state index in [0.29, 0.717) is 0 Å². The summed E-state index contributed by atoms with van der Waals surface area (Å²) in [7, 11) is 0. The Hall–Kier alpha value is -2.21. The summed E-state index contributed by atoms with van der Waals surface area (Å²) < 4.78 is 1.99. The van der Waals surface area contributed by atoms with E-state index >= 15 is 0 Å². The molecule has 1 amide bonds. The number of hydrogen-bond donors (Lipinski definition) is 1. The van der Waals surface area contributed by atoms with Gasteiger partial charge in [-0.25, -0.2) is 9.97 Å². The number of hydrogen-bond acceptors (Lipinski definition) is 4. The summed E-state index contributed by atoms with van der Waals surface area (Å²) >= 11 is 1.61. The molecule has 2 aromatic heterocycles. The van der Waals surface area contributed by atoms with Crippen molar-refractivity contribution in [2.24, 2.45) is 0 Å². The molecule has 23 heavy (non-hydrogen) atoms. The molecule has 0 spiro atoms. The first kappa shape index (κ1) is 14.4. The Morgan fingerprint density at radius 2 is 2.17 bits per heavy atom. The lowest BCUT2D eigenvalue weighted by atomic mass is 10.3. The van der Waals surface area contributed by atoms with E-state index in [1.807, 2.05) is 28.8 Å². The van der Waals surface area contributed by atoms with Crippen LogP contribution in [0.1, 0.15) is 29.7 Å². The maximum atomic E-state index is 12.4. The lowest BCUT2D eigenvalue weighted by Crippen LogP contribution is -2.20. The van der Waals surface area contributed by atoms with Crippen LogP contribution in [0.2, 0.25) is 0 Å². The molecule has 1 N–H and O–H groups in total. The minimum absolute atomic E-state index is 0.0460. The van der Waals surface area contributed by atoms with Gasteiger partial charge in [-0.2, -0.15) is 0 Å². The van der Waals surface area contributed by atoms with E-state index in [2.05, 4.69) is 22.2 Å². The van der Waals surface area contributed by atoms with Gasteiger partial charge in [-0.1, -0.05) is 19.1 Å². The number of para-hydroxylation sites is 2. The summed E-state index contributed by atoms with van der Waals surface area (Å²) in [6.07, 6.45) is 4.11. The molecule has 1 aliphatic carbocycles. The van der Waals surface area contributed by atoms with Gasteiger partial charge in [0.2, 0.25) is 5.91 Å². The van der Waals surface area contributed by atoms with Crippen molar-refractivity contribution in [3.8, 4) is 0 Å². The number of fused-ring (bicyclic) bond motifs is 2. The smallest absolute Gasteiger partial charge is 0.246 e. The van der Waals surface area contributed by atoms with Gasteiger partial charge < -0.3 is 9.88 Å². The third-order valence-electron chi connectivity index (χ3n) is 4.19. The van der Waals surface area contributed by atoms with Crippen molar-refractivity contribution in [1.82, 2.24) is 14.5 Å². The minimum atomic E-state index is -0.0460. The summed E-state index contributed by atoms with van der Waals surface area (Å²) in [5.41, 5.74) is 3.10. The molecule has 0 unspecified atom stereocenters. The second-order valence-electron chi connectivity index (χ2n) is 5.75. The molecule has 0 fully saturated rings. The molecule has 4 rings (SSSR count). The largest absolute Gasteiger partial charge is 0.318 e. The number of carbonyl (C=O) groups excluding carboxylic acids is 1. The predicted octanol–water partition coefficient (Wildman–Crippen LogP) is 3.18. The fraction of sp³-hybridized carbons (Fsp3) is 0.353. The van der Waals surface area contributed by atoms with Crippen LogP contribution in [0.25, 0.3) is 11.0 Å². The number of nitrogens with one attached hydrogen (secondary N) is 1. The topological polar surface area (TPSA) is 59.8 Å². The van der Waals surface area contributed by atoms with Crippen LogP contribution in [0.4, 0.5) is 5.13 Å². The van der Waals surface area contributed by atoms with Gasteiger partial charge in [-0.15, -0.1) is 11.3 Å². The normalized spacial score (nSPS) is 13.4. The number of nitrogens with zero attached hydrogens (tertiary/aromatic N) is 3. The van der Waals surface area contributed by atoms with Crippen LogP contribution in [0.5, 0.6) is 0 Å². The average Bonchev–Trinajstić information content (AvgIpc) is 3.20. The van der Waals surface area contributed by atoms with Crippen molar-refractivity contribution in [1.29, 1.82) is 0 Å². The summed E-state index contributed by atoms with van der Waals surface area (Å²) in [6.45, 7) is 2.33. The molecule has 118 valence electrons. The lowest BCUT2D eigenvalue weighted by molar-refractivity contribution is -0.116. The van der Waals surface area contributed by atoms with Gasteiger partial charge in [0, 0.05) is 11.3 Å². The average molecular weight is 326 g/mol. The van der Waals surface area contributed by atoms with Gasteiger partial charge in [0.15, 0.2) is 5.13 Å². The molecule has 1 aliphatic rings. The lowest BCUT2D eigenvalue weighted by Gasteiger charge is -2.07. The fourth-order valence-corrected chi connectivity index (χ4v) is 4.18. The van der Waals surface area contributed by atoms with Crippen molar-refractivity contribution in [2.45, 2.75) is 39.2 Å². The van der Waals surface area contributed by atoms with E-state index in [1.165, 1.54) is 11.3 Å². The number of aryl methyl sites for hydroxylation is 3. The predicted molar refractivity (Wildman–Crippen MR) is 91.9 cm³/mol. The van der Waals surface area contributed by atoms with Gasteiger partial charge in [0.05, 0.1) is 16.7 Å². The summed E-state index contributed by atoms with van der Waals surface area (Å²) in [6, 6.07) is 7.93. The van der Waals surface area contributed by atoms with Gasteiger partial charge in [-0.05, 0) is 31.4 Å². The highest BCUT2D eigenvalue weighted by Gasteiger charge is 2.18. The van der Waals surface area contributed by atoms with E-state index < -0.39 is 0 Å². The Labute approximate surface area is 138 Å². The SMILES string of the molecule is CCc1nc2ccccc2n1CC(=O)Nc1nc2c(s1)CCC2. The second kappa shape index (κ2) is 5.77. The molecule has 3 aromatic rings. The van der Waals surface area contributed by atoms with E-state index in [9.17, 15) is 4.79 Å². The van der Waals surface area contributed by atoms with Crippen molar-refractivity contribution in [2.75, 3.05) is 5.32 Å². The Morgan fingerprint density at radius 3 is 3.00 bits per heavy atom. The van der Waals surface area contributed by atoms with E-state index in [1.54, 1.807) is 11.3 Å². The van der Waals surface area contributed by atoms with Crippen LogP contribution >= 0.6 is 11.3 Å². The molecule has 0 saturated carbocycles. The zero-order valence-corrected chi connectivity index (χ0v) is 13.8. The first-order chi connectivity index (χ1) is 11.2. The number of aromatic nitrogens is 3. The van der Waals surface area contributed by atoms with Crippen molar-refractivity contribution in [3.05, 3.63) is 40.7 Å². The van der Waals surface area contributed by atoms with Crippen LogP contribution in [-0.4, -0.2) is 20.4 Å². The number of rotatable bonds is 4. The Bertz CT molecular complexity index is 858. The summed E-state index contributed by atoms with van der Waals surface area (Å²) in [5.74, 6) is 0.887. The zero-order chi connectivity index (χ0) is 15.8. The Morgan fingerprint density at radius 1 is 1.30 bits per heavy atom. The van der Waals surface area contributed by atoms with Crippen LogP contribution in [0.15, 0.2) is 24.3 Å². The second-order valence-corrected chi connectivity index (χ2v) is 6.83. The molecule has 6 heteroatoms. The summed E-state index contributed by atoms with van der Waals surface area (Å²) in [5, 5.41) is 3.67. The van der Waals surface area contributed by atoms with Crippen molar-refractivity contribution in [3.63, 3.8) is 0 Å². The highest BCUT2D eigenvalue weighted by atomic mass is 32.1. The maximum absolute atomic E-state index is 12.4. The first-order valence-corrected chi connectivity index (χ1v) is 8.79. The van der Waals surface area contributed by atoms with Gasteiger partial charge >= 0.3 is 0 Å². The molecule has 0 saturated heterocycles. The monoisotopic (exact) mass is 326 g/mol. The van der Waals surface area contributed by atoms with E-state index in [-0.39, 0.29) is 12.5 Å². The first-order valence-electron chi connectivity index (χ1n) is 7.97. The number of thiazole rings is 1. The minimum Gasteiger partial charge on any atom is -0.318 e. The number of anilines is 1. The van der Waals surface area contributed by atoms with Crippen molar-refractivity contribution >= 4 is 33.4 Å². The summed E-state index contributed by atoms with van der Waals surface area (Å²) in [4.78, 5) is 22.9. The number of carbonyl (C=O) groups is 1.